The van der Waals surface area contributed by atoms with Crippen molar-refractivity contribution in [3.8, 4) is 0 Å². The van der Waals surface area contributed by atoms with Crippen molar-refractivity contribution in [3.63, 3.8) is 0 Å². The van der Waals surface area contributed by atoms with Crippen LogP contribution < -0.4 is 5.32 Å². The minimum absolute atomic E-state index is 0.00198. The van der Waals surface area contributed by atoms with Crippen molar-refractivity contribution in [2.75, 3.05) is 13.6 Å². The SMILES string of the molecule is CN(Cc1ccccc1)CC(C)(C)NC1C=CC(c2ccccc2)(c2ccccc2)C1. The smallest absolute Gasteiger partial charge is 0.0400 e. The van der Waals surface area contributed by atoms with Crippen molar-refractivity contribution in [3.05, 3.63) is 120 Å². The van der Waals surface area contributed by atoms with E-state index in [9.17, 15) is 0 Å². The topological polar surface area (TPSA) is 15.3 Å². The normalized spacial score (nSPS) is 17.9. The Balaban J connectivity index is 1.47. The lowest BCUT2D eigenvalue weighted by Gasteiger charge is -2.36. The molecular formula is C29H34N2. The number of allylic oxidation sites excluding steroid dienone is 1. The highest BCUT2D eigenvalue weighted by Gasteiger charge is 2.39. The minimum Gasteiger partial charge on any atom is -0.304 e. The molecule has 31 heavy (non-hydrogen) atoms. The van der Waals surface area contributed by atoms with Gasteiger partial charge in [0.05, 0.1) is 0 Å². The first-order valence-corrected chi connectivity index (χ1v) is 11.3. The van der Waals surface area contributed by atoms with E-state index in [2.05, 4.69) is 134 Å². The van der Waals surface area contributed by atoms with E-state index in [0.717, 1.165) is 19.5 Å². The summed E-state index contributed by atoms with van der Waals surface area (Å²) in [6.45, 7) is 6.57. The maximum absolute atomic E-state index is 3.94. The average Bonchev–Trinajstić information content (AvgIpc) is 3.19. The van der Waals surface area contributed by atoms with E-state index in [1.165, 1.54) is 16.7 Å². The van der Waals surface area contributed by atoms with Crippen molar-refractivity contribution in [2.24, 2.45) is 0 Å². The van der Waals surface area contributed by atoms with E-state index in [0.29, 0.717) is 6.04 Å². The lowest BCUT2D eigenvalue weighted by molar-refractivity contribution is 0.218. The minimum atomic E-state index is -0.0772. The van der Waals surface area contributed by atoms with Gasteiger partial charge in [0.25, 0.3) is 0 Å². The number of likely N-dealkylation sites (N-methyl/N-ethyl adjacent to an activating group) is 1. The summed E-state index contributed by atoms with van der Waals surface area (Å²) >= 11 is 0. The van der Waals surface area contributed by atoms with Crippen molar-refractivity contribution in [1.82, 2.24) is 10.2 Å². The number of hydrogen-bond acceptors (Lipinski definition) is 2. The summed E-state index contributed by atoms with van der Waals surface area (Å²) in [6, 6.07) is 32.9. The summed E-state index contributed by atoms with van der Waals surface area (Å²) in [7, 11) is 2.21. The molecule has 2 heteroatoms. The van der Waals surface area contributed by atoms with Crippen molar-refractivity contribution in [2.45, 2.75) is 43.8 Å². The van der Waals surface area contributed by atoms with Gasteiger partial charge in [0.15, 0.2) is 0 Å². The van der Waals surface area contributed by atoms with Crippen LogP contribution in [0, 0.1) is 0 Å². The van der Waals surface area contributed by atoms with E-state index < -0.39 is 0 Å². The van der Waals surface area contributed by atoms with E-state index in [1.54, 1.807) is 0 Å². The summed E-state index contributed by atoms with van der Waals surface area (Å²) in [5.41, 5.74) is 4.00. The number of nitrogens with one attached hydrogen (secondary N) is 1. The van der Waals surface area contributed by atoms with Gasteiger partial charge in [-0.15, -0.1) is 0 Å². The van der Waals surface area contributed by atoms with Gasteiger partial charge in [-0.1, -0.05) is 103 Å². The first-order valence-electron chi connectivity index (χ1n) is 11.3. The molecule has 0 aromatic heterocycles. The Morgan fingerprint density at radius 1 is 0.839 bits per heavy atom. The molecule has 1 unspecified atom stereocenters. The average molecular weight is 411 g/mol. The number of rotatable bonds is 8. The van der Waals surface area contributed by atoms with Crippen LogP contribution >= 0.6 is 0 Å². The molecule has 2 nitrogen and oxygen atoms in total. The third-order valence-corrected chi connectivity index (χ3v) is 6.27. The zero-order valence-corrected chi connectivity index (χ0v) is 19.0. The Morgan fingerprint density at radius 3 is 1.90 bits per heavy atom. The Bertz CT molecular complexity index is 938. The highest BCUT2D eigenvalue weighted by atomic mass is 15.1. The first-order chi connectivity index (χ1) is 15.0. The highest BCUT2D eigenvalue weighted by Crippen LogP contribution is 2.42. The molecule has 0 saturated carbocycles. The zero-order valence-electron chi connectivity index (χ0n) is 19.0. The molecule has 0 bridgehead atoms. The summed E-state index contributed by atoms with van der Waals surface area (Å²) in [5, 5.41) is 3.94. The molecule has 1 atom stereocenters. The van der Waals surface area contributed by atoms with E-state index >= 15 is 0 Å². The largest absolute Gasteiger partial charge is 0.304 e. The molecule has 1 aliphatic carbocycles. The second kappa shape index (κ2) is 9.21. The number of benzene rings is 3. The first kappa shape index (κ1) is 21.5. The van der Waals surface area contributed by atoms with Crippen LogP contribution in [-0.4, -0.2) is 30.1 Å². The molecule has 0 heterocycles. The molecule has 4 rings (SSSR count). The van der Waals surface area contributed by atoms with Crippen LogP contribution in [0.15, 0.2) is 103 Å². The lowest BCUT2D eigenvalue weighted by atomic mass is 9.73. The fourth-order valence-corrected chi connectivity index (χ4v) is 5.10. The second-order valence-corrected chi connectivity index (χ2v) is 9.56. The molecule has 1 N–H and O–H groups in total. The molecule has 160 valence electrons. The van der Waals surface area contributed by atoms with Crippen LogP contribution in [0.3, 0.4) is 0 Å². The maximum atomic E-state index is 3.94. The molecule has 0 aliphatic heterocycles. The van der Waals surface area contributed by atoms with Gasteiger partial charge in [0.1, 0.15) is 0 Å². The Hall–Kier alpha value is -2.68. The molecule has 0 radical (unpaired) electrons. The Kier molecular flexibility index (Phi) is 6.41. The van der Waals surface area contributed by atoms with Crippen LogP contribution in [-0.2, 0) is 12.0 Å². The van der Waals surface area contributed by atoms with Crippen LogP contribution in [0.25, 0.3) is 0 Å². The predicted molar refractivity (Wildman–Crippen MR) is 131 cm³/mol. The third-order valence-electron chi connectivity index (χ3n) is 6.27. The van der Waals surface area contributed by atoms with Gasteiger partial charge in [-0.25, -0.2) is 0 Å². The fourth-order valence-electron chi connectivity index (χ4n) is 5.10. The van der Waals surface area contributed by atoms with Crippen LogP contribution in [0.4, 0.5) is 0 Å². The van der Waals surface area contributed by atoms with Crippen LogP contribution in [0.1, 0.15) is 37.0 Å². The van der Waals surface area contributed by atoms with Crippen LogP contribution in [0.2, 0.25) is 0 Å². The summed E-state index contributed by atoms with van der Waals surface area (Å²) in [6.07, 6.45) is 5.82. The summed E-state index contributed by atoms with van der Waals surface area (Å²) < 4.78 is 0. The van der Waals surface area contributed by atoms with Gasteiger partial charge in [-0.05, 0) is 44.0 Å². The molecule has 0 amide bonds. The van der Waals surface area contributed by atoms with Gasteiger partial charge in [0.2, 0.25) is 0 Å². The van der Waals surface area contributed by atoms with Gasteiger partial charge in [-0.2, -0.15) is 0 Å². The molecule has 0 saturated heterocycles. The standard InChI is InChI=1S/C29H34N2/c1-28(2,23-31(3)22-24-13-7-4-8-14-24)30-27-19-20-29(21-27,25-15-9-5-10-16-25)26-17-11-6-12-18-26/h4-20,27,30H,21-23H2,1-3H3. The summed E-state index contributed by atoms with van der Waals surface area (Å²) in [4.78, 5) is 2.41. The maximum Gasteiger partial charge on any atom is 0.0400 e. The van der Waals surface area contributed by atoms with Gasteiger partial charge in [-0.3, -0.25) is 0 Å². The van der Waals surface area contributed by atoms with Gasteiger partial charge < -0.3 is 10.2 Å². The van der Waals surface area contributed by atoms with E-state index in [4.69, 9.17) is 0 Å². The molecule has 3 aromatic rings. The van der Waals surface area contributed by atoms with E-state index in [-0.39, 0.29) is 11.0 Å². The highest BCUT2D eigenvalue weighted by molar-refractivity contribution is 5.47. The zero-order chi connectivity index (χ0) is 21.7. The molecule has 1 aliphatic rings. The van der Waals surface area contributed by atoms with E-state index in [1.807, 2.05) is 0 Å². The molecule has 0 fully saturated rings. The van der Waals surface area contributed by atoms with Gasteiger partial charge >= 0.3 is 0 Å². The van der Waals surface area contributed by atoms with Crippen LogP contribution in [0.5, 0.6) is 0 Å². The molecule has 0 spiro atoms. The second-order valence-electron chi connectivity index (χ2n) is 9.56. The predicted octanol–water partition coefficient (Wildman–Crippen LogP) is 5.80. The van der Waals surface area contributed by atoms with Crippen molar-refractivity contribution >= 4 is 0 Å². The summed E-state index contributed by atoms with van der Waals surface area (Å²) in [5.74, 6) is 0. The Labute approximate surface area is 187 Å². The number of hydrogen-bond donors (Lipinski definition) is 1. The third kappa shape index (κ3) is 5.15. The fraction of sp³-hybridized carbons (Fsp3) is 0.310. The monoisotopic (exact) mass is 410 g/mol. The molecule has 3 aromatic carbocycles. The van der Waals surface area contributed by atoms with Gasteiger partial charge in [0, 0.05) is 30.1 Å². The van der Waals surface area contributed by atoms with Crippen molar-refractivity contribution < 1.29 is 0 Å². The Morgan fingerprint density at radius 2 is 1.35 bits per heavy atom. The van der Waals surface area contributed by atoms with Crippen molar-refractivity contribution in [1.29, 1.82) is 0 Å². The number of nitrogens with zero attached hydrogens (tertiary/aromatic N) is 1. The quantitative estimate of drug-likeness (QED) is 0.472. The lowest BCUT2D eigenvalue weighted by Crippen LogP contribution is -2.52. The molecular weight excluding hydrogens is 376 g/mol.